The van der Waals surface area contributed by atoms with Crippen molar-refractivity contribution < 1.29 is 37.3 Å². The van der Waals surface area contributed by atoms with Gasteiger partial charge in [-0.1, -0.05) is 297 Å². The van der Waals surface area contributed by atoms with E-state index in [2.05, 4.69) is 400 Å². The Hall–Kier alpha value is -17.9. The first-order valence-corrected chi connectivity index (χ1v) is 53.5. The maximum atomic E-state index is 6.58. The Morgan fingerprint density at radius 3 is 0.745 bits per heavy atom. The van der Waals surface area contributed by atoms with Crippen LogP contribution >= 0.6 is 45.3 Å². The Labute approximate surface area is 873 Å². The van der Waals surface area contributed by atoms with Crippen molar-refractivity contribution in [3.63, 3.8) is 0 Å². The molecule has 0 unspecified atom stereocenters. The largest absolute Gasteiger partial charge is 0.458 e. The quantitative estimate of drug-likeness (QED) is 0.125. The van der Waals surface area contributed by atoms with Crippen molar-refractivity contribution in [1.29, 1.82) is 0 Å². The molecule has 0 aliphatic carbocycles. The Kier molecular flexibility index (Phi) is 19.7. The van der Waals surface area contributed by atoms with Gasteiger partial charge in [-0.3, -0.25) is 0 Å². The van der Waals surface area contributed by atoms with Gasteiger partial charge in [0.05, 0.1) is 0 Å². The lowest BCUT2D eigenvalue weighted by Gasteiger charge is -2.33. The lowest BCUT2D eigenvalue weighted by Crippen LogP contribution is -2.57. The Bertz CT molecular complexity index is 9610. The number of ether oxygens (including phenoxy) is 6. The van der Waals surface area contributed by atoms with Crippen LogP contribution in [0, 0.1) is 0 Å². The van der Waals surface area contributed by atoms with Crippen LogP contribution < -0.4 is 77.6 Å². The van der Waals surface area contributed by atoms with Crippen LogP contribution in [0.15, 0.2) is 476 Å². The Morgan fingerprint density at radius 1 is 0.148 bits per heavy atom. The molecule has 21 aromatic carbocycles. The first-order chi connectivity index (χ1) is 73.7. The molecule has 0 atom stereocenters. The van der Waals surface area contributed by atoms with E-state index in [4.69, 9.17) is 37.3 Å². The molecule has 8 nitrogen and oxygen atoms in total. The molecule has 0 radical (unpaired) electrons. The second-order valence-electron chi connectivity index (χ2n) is 39.0. The molecule has 0 amide bonds. The third-order valence-electron chi connectivity index (χ3n) is 30.3. The highest BCUT2D eigenvalue weighted by atomic mass is 32.1. The SMILES string of the molecule is c1cc2c3c(c1)Oc1ccc(-c4ccc(-c5cc6ccccc6o5)cc4)cc1B3c1cc(-c3ccc(-c4cc5ccccc5o4)cc3)ccc1O2.c1cc2c3c(c1)Oc1ccc(-c4ccc5sc6ccccc6c5c4)cc1B3c1cc(-c3ccc4sc5ccccc5c4c3)ccc1O2.c1ccc(-c2cc3cc(-c4ccc5c(c4)B4c6cc(-c7ccc8sc(-c9ccccc9)cc8c7)ccc6Oc6cccc(c64)O5)ccc3s2)cc1. The van der Waals surface area contributed by atoms with E-state index in [1.165, 1.54) is 137 Å². The van der Waals surface area contributed by atoms with Gasteiger partial charge in [-0.15, -0.1) is 45.3 Å². The van der Waals surface area contributed by atoms with Crippen molar-refractivity contribution in [3.8, 4) is 179 Å². The molecule has 0 bridgehead atoms. The highest BCUT2D eigenvalue weighted by Crippen LogP contribution is 2.48. The van der Waals surface area contributed by atoms with Crippen LogP contribution in [0.2, 0.25) is 0 Å². The summed E-state index contributed by atoms with van der Waals surface area (Å²) in [5.41, 5.74) is 30.6. The average Bonchev–Trinajstić information content (AvgIpc) is 1.38. The van der Waals surface area contributed by atoms with Gasteiger partial charge in [-0.2, -0.15) is 0 Å². The van der Waals surface area contributed by atoms with Gasteiger partial charge < -0.3 is 37.3 Å². The van der Waals surface area contributed by atoms with Crippen LogP contribution in [-0.2, 0) is 0 Å². The van der Waals surface area contributed by atoms with E-state index in [9.17, 15) is 0 Å². The average molecular weight is 1980 g/mol. The molecule has 6 aliphatic heterocycles. The molecule has 15 heteroatoms. The zero-order chi connectivity index (χ0) is 97.6. The fraction of sp³-hybridized carbons (Fsp3) is 0. The minimum atomic E-state index is -0.0479. The molecule has 27 aromatic rings. The summed E-state index contributed by atoms with van der Waals surface area (Å²) in [5, 5.41) is 9.97. The number of furan rings is 2. The molecule has 0 N–H and O–H groups in total. The first kappa shape index (κ1) is 85.5. The predicted molar refractivity (Wildman–Crippen MR) is 623 cm³/mol. The number of benzene rings is 21. The van der Waals surface area contributed by atoms with E-state index in [0.717, 1.165) is 174 Å². The summed E-state index contributed by atoms with van der Waals surface area (Å²) >= 11 is 7.39. The van der Waals surface area contributed by atoms with Crippen LogP contribution in [0.5, 0.6) is 69.0 Å². The van der Waals surface area contributed by atoms with Crippen molar-refractivity contribution >= 4 is 197 Å². The first-order valence-electron chi connectivity index (χ1n) is 50.2. The second kappa shape index (κ2) is 34.4. The van der Waals surface area contributed by atoms with Gasteiger partial charge in [-0.25, -0.2) is 0 Å². The number of hydrogen-bond acceptors (Lipinski definition) is 12. The van der Waals surface area contributed by atoms with Crippen molar-refractivity contribution in [2.24, 2.45) is 0 Å². The van der Waals surface area contributed by atoms with E-state index in [0.29, 0.717) is 0 Å². The summed E-state index contributed by atoms with van der Waals surface area (Å²) in [6.07, 6.45) is 0. The lowest BCUT2D eigenvalue weighted by molar-refractivity contribution is 0.464. The standard InChI is InChI=1S/C46H27BO4.C46H27BO2S2.C42H23BO2S2/c1-3-8-38-34(6-1)26-44(48-38)30-16-12-28(13-17-30)32-20-22-40-36(24-32)47-37-25-33(21-23-41(37)51-43-11-5-10-42(50-40)46(43)47)29-14-18-31(19-15-29)45-27-35-7-2-4-9-39(35)49-45;1-3-8-28(9-4-1)44-26-34-22-30(16-20-42(34)50-44)32-14-18-38-36(24-32)47-37-25-33(15-19-39(37)49-41-13-7-12-40(48-38)46(41)47)31-17-21-43-35(23-31)27-45(51-43)29-10-5-2-6-11-29;1-3-10-38-28(6-1)30-20-24(14-18-40(30)46-38)26-12-16-34-32(22-26)43-33-23-27(13-17-35(33)45-37-9-5-8-36(44-34)42(37)43)25-15-19-41-31(21-25)29-7-2-4-11-39(29)47-41/h2*1-27H;1-23H. The van der Waals surface area contributed by atoms with Crippen molar-refractivity contribution in [1.82, 2.24) is 0 Å². The fourth-order valence-electron chi connectivity index (χ4n) is 23.0. The molecule has 0 saturated heterocycles. The summed E-state index contributed by atoms with van der Waals surface area (Å²) in [7, 11) is 0. The highest BCUT2D eigenvalue weighted by molar-refractivity contribution is 7.26. The summed E-state index contributed by atoms with van der Waals surface area (Å²) < 4.78 is 59.5. The second-order valence-corrected chi connectivity index (χ2v) is 43.3. The molecule has 694 valence electrons. The summed E-state index contributed by atoms with van der Waals surface area (Å²) in [5.74, 6) is 12.1. The maximum Gasteiger partial charge on any atom is 0.260 e. The minimum absolute atomic E-state index is 0.00924. The zero-order valence-corrected chi connectivity index (χ0v) is 82.9. The van der Waals surface area contributed by atoms with Gasteiger partial charge in [0.2, 0.25) is 0 Å². The van der Waals surface area contributed by atoms with Gasteiger partial charge in [0.1, 0.15) is 91.7 Å². The van der Waals surface area contributed by atoms with Crippen LogP contribution in [0.25, 0.3) is 193 Å². The monoisotopic (exact) mass is 1970 g/mol. The van der Waals surface area contributed by atoms with Crippen LogP contribution in [0.3, 0.4) is 0 Å². The zero-order valence-electron chi connectivity index (χ0n) is 79.6. The summed E-state index contributed by atoms with van der Waals surface area (Å²) in [6, 6.07) is 166. The van der Waals surface area contributed by atoms with Crippen molar-refractivity contribution in [3.05, 3.63) is 467 Å². The number of para-hydroxylation sites is 2. The Morgan fingerprint density at radius 2 is 0.409 bits per heavy atom. The van der Waals surface area contributed by atoms with E-state index in [1.54, 1.807) is 0 Å². The number of hydrogen-bond donors (Lipinski definition) is 0. The predicted octanol–water partition coefficient (Wildman–Crippen LogP) is 32.6. The van der Waals surface area contributed by atoms with Crippen molar-refractivity contribution in [2.45, 2.75) is 0 Å². The third-order valence-corrected chi connectivity index (χ3v) is 34.9. The van der Waals surface area contributed by atoms with Crippen LogP contribution in [0.4, 0.5) is 0 Å². The fourth-order valence-corrected chi connectivity index (χ4v) is 27.3. The van der Waals surface area contributed by atoms with Gasteiger partial charge in [0.25, 0.3) is 20.1 Å². The summed E-state index contributed by atoms with van der Waals surface area (Å²) in [6.45, 7) is -0.0778. The van der Waals surface area contributed by atoms with Gasteiger partial charge in [0.15, 0.2) is 0 Å². The molecule has 6 aromatic heterocycles. The van der Waals surface area contributed by atoms with Gasteiger partial charge in [-0.05, 0) is 291 Å². The molecule has 6 aliphatic rings. The van der Waals surface area contributed by atoms with Crippen LogP contribution in [0.1, 0.15) is 0 Å². The molecule has 0 spiro atoms. The minimum Gasteiger partial charge on any atom is -0.458 e. The summed E-state index contributed by atoms with van der Waals surface area (Å²) in [4.78, 5) is 2.57. The van der Waals surface area contributed by atoms with Crippen molar-refractivity contribution in [2.75, 3.05) is 0 Å². The van der Waals surface area contributed by atoms with E-state index < -0.39 is 0 Å². The maximum absolute atomic E-state index is 6.58. The highest BCUT2D eigenvalue weighted by Gasteiger charge is 2.45. The topological polar surface area (TPSA) is 81.7 Å². The number of rotatable bonds is 10. The molecule has 33 rings (SSSR count). The lowest BCUT2D eigenvalue weighted by atomic mass is 9.34. The normalized spacial score (nSPS) is 12.7. The molecule has 0 saturated carbocycles. The van der Waals surface area contributed by atoms with E-state index in [-0.39, 0.29) is 20.1 Å². The number of thiophene rings is 4. The molecular weight excluding hydrogens is 1900 g/mol. The smallest absolute Gasteiger partial charge is 0.260 e. The number of fused-ring (bicyclic) bond motifs is 22. The molecule has 12 heterocycles. The molecular formula is C134H77B3O8S4. The Balaban J connectivity index is 0.000000101. The van der Waals surface area contributed by atoms with Gasteiger partial charge in [0, 0.05) is 97.8 Å². The molecule has 0 fully saturated rings. The van der Waals surface area contributed by atoms with Gasteiger partial charge >= 0.3 is 0 Å². The van der Waals surface area contributed by atoms with E-state index >= 15 is 0 Å². The third kappa shape index (κ3) is 14.6. The molecule has 149 heavy (non-hydrogen) atoms. The van der Waals surface area contributed by atoms with Crippen LogP contribution in [-0.4, -0.2) is 20.1 Å². The van der Waals surface area contributed by atoms with E-state index in [1.807, 2.05) is 112 Å².